The Labute approximate surface area is 139 Å². The van der Waals surface area contributed by atoms with Gasteiger partial charge in [-0.05, 0) is 39.8 Å². The molecule has 0 saturated heterocycles. The van der Waals surface area contributed by atoms with Crippen LogP contribution in [-0.2, 0) is 11.3 Å². The van der Waals surface area contributed by atoms with Gasteiger partial charge in [0.05, 0.1) is 13.2 Å². The zero-order chi connectivity index (χ0) is 17.7. The molecule has 0 aliphatic carbocycles. The molecule has 2 heterocycles. The molecular formula is C15H21N5O4. The molecule has 2 aromatic rings. The molecule has 9 heteroatoms. The number of nitrogens with one attached hydrogen (secondary N) is 2. The van der Waals surface area contributed by atoms with E-state index >= 15 is 0 Å². The van der Waals surface area contributed by atoms with Crippen LogP contribution in [-0.4, -0.2) is 33.4 Å². The van der Waals surface area contributed by atoms with E-state index in [9.17, 15) is 9.59 Å². The first kappa shape index (κ1) is 17.5. The Morgan fingerprint density at radius 2 is 2.12 bits per heavy atom. The van der Waals surface area contributed by atoms with Crippen molar-refractivity contribution in [2.24, 2.45) is 0 Å². The summed E-state index contributed by atoms with van der Waals surface area (Å²) in [5, 5.41) is 9.36. The molecular weight excluding hydrogens is 314 g/mol. The van der Waals surface area contributed by atoms with E-state index in [1.165, 1.54) is 6.07 Å². The summed E-state index contributed by atoms with van der Waals surface area (Å²) in [6.07, 6.45) is 0. The maximum atomic E-state index is 11.9. The molecule has 0 aliphatic rings. The monoisotopic (exact) mass is 335 g/mol. The van der Waals surface area contributed by atoms with Gasteiger partial charge in [-0.15, -0.1) is 5.10 Å². The van der Waals surface area contributed by atoms with E-state index in [0.29, 0.717) is 11.6 Å². The Hall–Kier alpha value is -2.84. The number of hydrogen-bond acceptors (Lipinski definition) is 6. The first-order valence-corrected chi connectivity index (χ1v) is 7.64. The lowest BCUT2D eigenvalue weighted by Crippen LogP contribution is -2.28. The summed E-state index contributed by atoms with van der Waals surface area (Å²) in [6, 6.07) is 2.79. The van der Waals surface area contributed by atoms with Gasteiger partial charge in [0, 0.05) is 6.04 Å². The molecule has 0 saturated carbocycles. The lowest BCUT2D eigenvalue weighted by atomic mass is 10.4. The minimum atomic E-state index is -0.535. The van der Waals surface area contributed by atoms with Crippen LogP contribution in [0.5, 0.6) is 0 Å². The van der Waals surface area contributed by atoms with Gasteiger partial charge in [-0.2, -0.15) is 4.98 Å². The van der Waals surface area contributed by atoms with Gasteiger partial charge in [0.2, 0.25) is 11.7 Å². The van der Waals surface area contributed by atoms with Crippen LogP contribution in [0.2, 0.25) is 0 Å². The van der Waals surface area contributed by atoms with Crippen LogP contribution in [0.15, 0.2) is 16.5 Å². The third-order valence-electron chi connectivity index (χ3n) is 3.08. The zero-order valence-electron chi connectivity index (χ0n) is 14.1. The van der Waals surface area contributed by atoms with Crippen LogP contribution < -0.4 is 10.6 Å². The highest BCUT2D eigenvalue weighted by molar-refractivity contribution is 5.87. The number of hydrogen-bond donors (Lipinski definition) is 2. The van der Waals surface area contributed by atoms with Gasteiger partial charge < -0.3 is 14.5 Å². The molecule has 0 fully saturated rings. The van der Waals surface area contributed by atoms with E-state index in [-0.39, 0.29) is 30.9 Å². The quantitative estimate of drug-likeness (QED) is 0.783. The number of furan rings is 1. The van der Waals surface area contributed by atoms with E-state index in [1.54, 1.807) is 17.7 Å². The molecule has 130 valence electrons. The van der Waals surface area contributed by atoms with Crippen LogP contribution >= 0.6 is 0 Å². The number of carbonyl (C=O) groups is 2. The molecule has 2 amide bonds. The summed E-state index contributed by atoms with van der Waals surface area (Å²) in [5.41, 5.74) is 0. The van der Waals surface area contributed by atoms with Crippen LogP contribution in [0.25, 0.3) is 0 Å². The van der Waals surface area contributed by atoms with Gasteiger partial charge in [-0.25, -0.2) is 14.3 Å². The summed E-state index contributed by atoms with van der Waals surface area (Å²) in [6.45, 7) is 7.87. The molecule has 0 aromatic carbocycles. The van der Waals surface area contributed by atoms with Crippen molar-refractivity contribution in [2.75, 3.05) is 11.9 Å². The maximum absolute atomic E-state index is 11.9. The average Bonchev–Trinajstić information content (AvgIpc) is 3.12. The fourth-order valence-corrected chi connectivity index (χ4v) is 2.04. The van der Waals surface area contributed by atoms with Gasteiger partial charge in [0.1, 0.15) is 11.6 Å². The molecule has 0 aliphatic heterocycles. The van der Waals surface area contributed by atoms with Crippen molar-refractivity contribution < 1.29 is 18.7 Å². The largest absolute Gasteiger partial charge is 0.460 e. The van der Waals surface area contributed by atoms with Crippen molar-refractivity contribution >= 4 is 17.9 Å². The lowest BCUT2D eigenvalue weighted by molar-refractivity contribution is 0.0488. The minimum absolute atomic E-state index is 0.0991. The first-order chi connectivity index (χ1) is 11.4. The molecule has 2 rings (SSSR count). The minimum Gasteiger partial charge on any atom is -0.460 e. The Bertz CT molecular complexity index is 719. The van der Waals surface area contributed by atoms with Crippen LogP contribution in [0.1, 0.15) is 49.0 Å². The Morgan fingerprint density at radius 1 is 1.38 bits per heavy atom. The molecule has 2 aromatic heterocycles. The van der Waals surface area contributed by atoms with Crippen LogP contribution in [0, 0.1) is 6.92 Å². The van der Waals surface area contributed by atoms with Gasteiger partial charge in [-0.1, -0.05) is 0 Å². The fraction of sp³-hybridized carbons (Fsp3) is 0.467. The molecule has 0 atom stereocenters. The third-order valence-corrected chi connectivity index (χ3v) is 3.08. The number of nitrogens with zero attached hydrogens (tertiary/aromatic N) is 3. The number of ether oxygens (including phenoxy) is 1. The number of esters is 1. The maximum Gasteiger partial charge on any atom is 0.374 e. The molecule has 24 heavy (non-hydrogen) atoms. The number of rotatable bonds is 6. The van der Waals surface area contributed by atoms with E-state index < -0.39 is 12.0 Å². The van der Waals surface area contributed by atoms with Gasteiger partial charge >= 0.3 is 12.0 Å². The molecule has 2 N–H and O–H groups in total. The van der Waals surface area contributed by atoms with Crippen molar-refractivity contribution in [3.05, 3.63) is 29.5 Å². The SMILES string of the molecule is CCOC(=O)c1ccc(CNC(=O)Nc2nc(C)n(C(C)C)n2)o1. The Balaban J connectivity index is 1.87. The fourth-order valence-electron chi connectivity index (χ4n) is 2.04. The van der Waals surface area contributed by atoms with E-state index in [2.05, 4.69) is 20.7 Å². The molecule has 0 radical (unpaired) electrons. The summed E-state index contributed by atoms with van der Waals surface area (Å²) in [5.74, 6) is 0.940. The van der Waals surface area contributed by atoms with Crippen molar-refractivity contribution in [3.8, 4) is 0 Å². The van der Waals surface area contributed by atoms with Gasteiger partial charge in [0.25, 0.3) is 0 Å². The van der Waals surface area contributed by atoms with E-state index in [4.69, 9.17) is 9.15 Å². The normalized spacial score (nSPS) is 10.7. The second-order valence-electron chi connectivity index (χ2n) is 5.32. The highest BCUT2D eigenvalue weighted by atomic mass is 16.5. The molecule has 9 nitrogen and oxygen atoms in total. The standard InChI is InChI=1S/C15H21N5O4/c1-5-23-13(21)12-7-6-11(24-12)8-16-15(22)18-14-17-10(4)20(19-14)9(2)3/h6-7,9H,5,8H2,1-4H3,(H2,16,18,19,22). The van der Waals surface area contributed by atoms with Crippen molar-refractivity contribution in [1.29, 1.82) is 0 Å². The number of aromatic nitrogens is 3. The number of carbonyl (C=O) groups excluding carboxylic acids is 2. The van der Waals surface area contributed by atoms with Crippen LogP contribution in [0.4, 0.5) is 10.7 Å². The summed E-state index contributed by atoms with van der Waals surface area (Å²) in [4.78, 5) is 27.5. The summed E-state index contributed by atoms with van der Waals surface area (Å²) < 4.78 is 11.8. The third kappa shape index (κ3) is 4.34. The molecule has 0 unspecified atom stereocenters. The predicted molar refractivity (Wildman–Crippen MR) is 85.7 cm³/mol. The zero-order valence-corrected chi connectivity index (χ0v) is 14.1. The van der Waals surface area contributed by atoms with Crippen molar-refractivity contribution in [1.82, 2.24) is 20.1 Å². The lowest BCUT2D eigenvalue weighted by Gasteiger charge is -2.05. The number of aryl methyl sites for hydroxylation is 1. The van der Waals surface area contributed by atoms with Gasteiger partial charge in [-0.3, -0.25) is 5.32 Å². The molecule has 0 spiro atoms. The molecule has 0 bridgehead atoms. The summed E-state index contributed by atoms with van der Waals surface area (Å²) >= 11 is 0. The van der Waals surface area contributed by atoms with Crippen molar-refractivity contribution in [2.45, 2.75) is 40.3 Å². The van der Waals surface area contributed by atoms with Gasteiger partial charge in [0.15, 0.2) is 0 Å². The predicted octanol–water partition coefficient (Wildman–Crippen LogP) is 2.26. The summed E-state index contributed by atoms with van der Waals surface area (Å²) in [7, 11) is 0. The number of anilines is 1. The average molecular weight is 335 g/mol. The van der Waals surface area contributed by atoms with Crippen molar-refractivity contribution in [3.63, 3.8) is 0 Å². The smallest absolute Gasteiger partial charge is 0.374 e. The van der Waals surface area contributed by atoms with E-state index in [1.807, 2.05) is 20.8 Å². The first-order valence-electron chi connectivity index (χ1n) is 7.64. The topological polar surface area (TPSA) is 111 Å². The second kappa shape index (κ2) is 7.62. The highest BCUT2D eigenvalue weighted by Gasteiger charge is 2.14. The Kier molecular flexibility index (Phi) is 5.56. The number of urea groups is 1. The number of amides is 2. The Morgan fingerprint density at radius 3 is 2.75 bits per heavy atom. The van der Waals surface area contributed by atoms with E-state index in [0.717, 1.165) is 0 Å². The highest BCUT2D eigenvalue weighted by Crippen LogP contribution is 2.10. The van der Waals surface area contributed by atoms with Crippen LogP contribution in [0.3, 0.4) is 0 Å². The second-order valence-corrected chi connectivity index (χ2v) is 5.32.